The lowest BCUT2D eigenvalue weighted by atomic mass is 9.82. The van der Waals surface area contributed by atoms with E-state index in [1.54, 1.807) is 0 Å². The zero-order valence-electron chi connectivity index (χ0n) is 15.5. The fraction of sp³-hybridized carbons (Fsp3) is 0.632. The van der Waals surface area contributed by atoms with Crippen molar-refractivity contribution in [3.8, 4) is 0 Å². The van der Waals surface area contributed by atoms with Gasteiger partial charge in [-0.1, -0.05) is 24.6 Å². The van der Waals surface area contributed by atoms with E-state index in [9.17, 15) is 4.79 Å². The van der Waals surface area contributed by atoms with Crippen molar-refractivity contribution in [1.82, 2.24) is 10.2 Å². The van der Waals surface area contributed by atoms with E-state index in [-0.39, 0.29) is 11.5 Å². The maximum Gasteiger partial charge on any atom is 0.410 e. The standard InChI is InChI=1S/C19H28BrClN2O2/c1-18(2,3)25-17(24)23-9-5-8-19(4,13-23)12-22-11-14-6-7-16(21)15(20)10-14/h6-7,10,22H,5,8-9,11-13H2,1-4H3. The minimum atomic E-state index is -0.453. The summed E-state index contributed by atoms with van der Waals surface area (Å²) in [6.07, 6.45) is 1.90. The molecule has 1 fully saturated rings. The molecule has 6 heteroatoms. The second-order valence-electron chi connectivity index (χ2n) is 8.17. The van der Waals surface area contributed by atoms with E-state index >= 15 is 0 Å². The van der Waals surface area contributed by atoms with Crippen LogP contribution in [0.3, 0.4) is 0 Å². The first kappa shape index (κ1) is 20.5. The maximum absolute atomic E-state index is 12.3. The Labute approximate surface area is 164 Å². The molecule has 1 aliphatic heterocycles. The Hall–Kier alpha value is -0.780. The van der Waals surface area contributed by atoms with Crippen LogP contribution in [0.15, 0.2) is 22.7 Å². The van der Waals surface area contributed by atoms with Crippen LogP contribution in [-0.2, 0) is 11.3 Å². The van der Waals surface area contributed by atoms with E-state index in [0.717, 1.165) is 48.5 Å². The molecule has 1 unspecified atom stereocenters. The average molecular weight is 432 g/mol. The quantitative estimate of drug-likeness (QED) is 0.710. The SMILES string of the molecule is CC1(CNCc2ccc(Cl)c(Br)c2)CCCN(C(=O)OC(C)(C)C)C1. The molecule has 4 nitrogen and oxygen atoms in total. The second kappa shape index (κ2) is 8.28. The van der Waals surface area contributed by atoms with E-state index in [1.807, 2.05) is 43.9 Å². The number of hydrogen-bond donors (Lipinski definition) is 1. The van der Waals surface area contributed by atoms with Crippen molar-refractivity contribution < 1.29 is 9.53 Å². The van der Waals surface area contributed by atoms with Gasteiger partial charge in [0.05, 0.1) is 5.02 Å². The highest BCUT2D eigenvalue weighted by molar-refractivity contribution is 9.10. The third-order valence-electron chi connectivity index (χ3n) is 4.30. The normalized spacial score (nSPS) is 21.3. The Morgan fingerprint density at radius 2 is 2.16 bits per heavy atom. The van der Waals surface area contributed by atoms with Crippen molar-refractivity contribution in [3.63, 3.8) is 0 Å². The molecule has 2 rings (SSSR count). The monoisotopic (exact) mass is 430 g/mol. The lowest BCUT2D eigenvalue weighted by molar-refractivity contribution is 0.00675. The van der Waals surface area contributed by atoms with Gasteiger partial charge in [-0.15, -0.1) is 0 Å². The van der Waals surface area contributed by atoms with Crippen molar-refractivity contribution in [3.05, 3.63) is 33.3 Å². The summed E-state index contributed by atoms with van der Waals surface area (Å²) >= 11 is 9.49. The van der Waals surface area contributed by atoms with E-state index in [1.165, 1.54) is 5.56 Å². The number of nitrogens with zero attached hydrogens (tertiary/aromatic N) is 1. The molecule has 1 amide bonds. The molecule has 0 saturated carbocycles. The summed E-state index contributed by atoms with van der Waals surface area (Å²) in [7, 11) is 0. The first-order valence-electron chi connectivity index (χ1n) is 8.71. The fourth-order valence-corrected chi connectivity index (χ4v) is 3.64. The first-order valence-corrected chi connectivity index (χ1v) is 9.88. The number of carbonyl (C=O) groups is 1. The molecule has 140 valence electrons. The molecule has 1 aromatic rings. The molecule has 25 heavy (non-hydrogen) atoms. The molecule has 1 atom stereocenters. The molecule has 1 aromatic carbocycles. The Balaban J connectivity index is 1.87. The lowest BCUT2D eigenvalue weighted by Crippen LogP contribution is -2.50. The van der Waals surface area contributed by atoms with Gasteiger partial charge in [-0.25, -0.2) is 4.79 Å². The highest BCUT2D eigenvalue weighted by Crippen LogP contribution is 2.30. The van der Waals surface area contributed by atoms with Gasteiger partial charge in [0.2, 0.25) is 0 Å². The highest BCUT2D eigenvalue weighted by Gasteiger charge is 2.34. The number of amides is 1. The molecule has 0 spiro atoms. The van der Waals surface area contributed by atoms with Gasteiger partial charge in [0, 0.05) is 30.7 Å². The highest BCUT2D eigenvalue weighted by atomic mass is 79.9. The molecular weight excluding hydrogens is 404 g/mol. The Morgan fingerprint density at radius 3 is 2.80 bits per heavy atom. The van der Waals surface area contributed by atoms with Crippen LogP contribution in [-0.4, -0.2) is 36.2 Å². The summed E-state index contributed by atoms with van der Waals surface area (Å²) in [5.41, 5.74) is 0.781. The van der Waals surface area contributed by atoms with Crippen LogP contribution in [0, 0.1) is 5.41 Å². The van der Waals surface area contributed by atoms with Crippen LogP contribution in [0.2, 0.25) is 5.02 Å². The van der Waals surface area contributed by atoms with E-state index < -0.39 is 5.60 Å². The summed E-state index contributed by atoms with van der Waals surface area (Å²) in [6, 6.07) is 5.96. The molecule has 0 aromatic heterocycles. The average Bonchev–Trinajstić information content (AvgIpc) is 2.49. The number of nitrogens with one attached hydrogen (secondary N) is 1. The summed E-state index contributed by atoms with van der Waals surface area (Å²) in [5.74, 6) is 0. The zero-order chi connectivity index (χ0) is 18.7. The molecule has 1 saturated heterocycles. The fourth-order valence-electron chi connectivity index (χ4n) is 3.10. The van der Waals surface area contributed by atoms with Gasteiger partial charge in [0.1, 0.15) is 5.60 Å². The third-order valence-corrected chi connectivity index (χ3v) is 5.51. The summed E-state index contributed by atoms with van der Waals surface area (Å²) < 4.78 is 6.43. The number of hydrogen-bond acceptors (Lipinski definition) is 3. The maximum atomic E-state index is 12.3. The van der Waals surface area contributed by atoms with Gasteiger partial charge in [0.15, 0.2) is 0 Å². The molecule has 0 radical (unpaired) electrons. The summed E-state index contributed by atoms with van der Waals surface area (Å²) in [5, 5.41) is 4.24. The van der Waals surface area contributed by atoms with Crippen molar-refractivity contribution in [2.24, 2.45) is 5.41 Å². The van der Waals surface area contributed by atoms with Gasteiger partial charge < -0.3 is 15.0 Å². The first-order chi connectivity index (χ1) is 11.6. The van der Waals surface area contributed by atoms with E-state index in [2.05, 4.69) is 28.2 Å². The predicted octanol–water partition coefficient (Wildman–Crippen LogP) is 5.23. The number of carbonyl (C=O) groups excluding carboxylic acids is 1. The Bertz CT molecular complexity index is 618. The Kier molecular flexibility index (Phi) is 6.80. The van der Waals surface area contributed by atoms with Crippen LogP contribution in [0.4, 0.5) is 4.79 Å². The van der Waals surface area contributed by atoms with Crippen LogP contribution in [0.1, 0.15) is 46.1 Å². The van der Waals surface area contributed by atoms with Crippen LogP contribution < -0.4 is 5.32 Å². The number of piperidine rings is 1. The number of halogens is 2. The van der Waals surface area contributed by atoms with Crippen LogP contribution >= 0.6 is 27.5 Å². The van der Waals surface area contributed by atoms with Crippen LogP contribution in [0.5, 0.6) is 0 Å². The minimum Gasteiger partial charge on any atom is -0.444 e. The van der Waals surface area contributed by atoms with Crippen molar-refractivity contribution >= 4 is 33.6 Å². The molecule has 0 bridgehead atoms. The van der Waals surface area contributed by atoms with Gasteiger partial charge in [-0.05, 0) is 72.7 Å². The number of rotatable bonds is 4. The topological polar surface area (TPSA) is 41.6 Å². The predicted molar refractivity (Wildman–Crippen MR) is 106 cm³/mol. The zero-order valence-corrected chi connectivity index (χ0v) is 17.8. The second-order valence-corrected chi connectivity index (χ2v) is 9.43. The smallest absolute Gasteiger partial charge is 0.410 e. The van der Waals surface area contributed by atoms with Gasteiger partial charge >= 0.3 is 6.09 Å². The van der Waals surface area contributed by atoms with E-state index in [0.29, 0.717) is 0 Å². The summed E-state index contributed by atoms with van der Waals surface area (Å²) in [4.78, 5) is 14.2. The third kappa shape index (κ3) is 6.46. The van der Waals surface area contributed by atoms with Gasteiger partial charge in [-0.2, -0.15) is 0 Å². The minimum absolute atomic E-state index is 0.0544. The number of ether oxygens (including phenoxy) is 1. The largest absolute Gasteiger partial charge is 0.444 e. The lowest BCUT2D eigenvalue weighted by Gasteiger charge is -2.41. The van der Waals surface area contributed by atoms with Gasteiger partial charge in [-0.3, -0.25) is 0 Å². The van der Waals surface area contributed by atoms with Gasteiger partial charge in [0.25, 0.3) is 0 Å². The number of benzene rings is 1. The summed E-state index contributed by atoms with van der Waals surface area (Å²) in [6.45, 7) is 11.1. The van der Waals surface area contributed by atoms with Crippen LogP contribution in [0.25, 0.3) is 0 Å². The van der Waals surface area contributed by atoms with Crippen molar-refractivity contribution in [1.29, 1.82) is 0 Å². The molecular formula is C19H28BrClN2O2. The van der Waals surface area contributed by atoms with Crippen molar-refractivity contribution in [2.75, 3.05) is 19.6 Å². The van der Waals surface area contributed by atoms with E-state index in [4.69, 9.17) is 16.3 Å². The molecule has 0 aliphatic carbocycles. The molecule has 1 N–H and O–H groups in total. The Morgan fingerprint density at radius 1 is 1.44 bits per heavy atom. The molecule has 1 aliphatic rings. The molecule has 1 heterocycles. The van der Waals surface area contributed by atoms with Crippen molar-refractivity contribution in [2.45, 2.75) is 52.7 Å². The number of likely N-dealkylation sites (tertiary alicyclic amines) is 1.